The van der Waals surface area contributed by atoms with Crippen LogP contribution in [-0.2, 0) is 4.79 Å². The van der Waals surface area contributed by atoms with Crippen molar-refractivity contribution >= 4 is 46.5 Å². The molecule has 3 heterocycles. The van der Waals surface area contributed by atoms with Gasteiger partial charge >= 0.3 is 5.97 Å². The molecule has 1 fully saturated rings. The second-order valence-electron chi connectivity index (χ2n) is 8.80. The Hall–Kier alpha value is -4.28. The number of thiocarbonyl (C=S) groups is 1. The second kappa shape index (κ2) is 11.2. The number of rotatable bonds is 8. The van der Waals surface area contributed by atoms with Crippen LogP contribution in [0.4, 0.5) is 10.1 Å². The molecule has 1 amide bonds. The molecule has 1 saturated heterocycles. The Morgan fingerprint density at radius 3 is 2.67 bits per heavy atom. The first-order valence-electron chi connectivity index (χ1n) is 12.0. The van der Waals surface area contributed by atoms with Gasteiger partial charge in [0.05, 0.1) is 28.0 Å². The lowest BCUT2D eigenvalue weighted by Gasteiger charge is -2.25. The smallest absolute Gasteiger partial charge is 0.335 e. The van der Waals surface area contributed by atoms with E-state index >= 15 is 0 Å². The highest BCUT2D eigenvalue weighted by Gasteiger charge is 2.41. The highest BCUT2D eigenvalue weighted by atomic mass is 35.5. The van der Waals surface area contributed by atoms with E-state index in [4.69, 9.17) is 28.2 Å². The number of benzene rings is 2. The van der Waals surface area contributed by atoms with Crippen molar-refractivity contribution in [1.29, 1.82) is 0 Å². The molecule has 198 valence electrons. The van der Waals surface area contributed by atoms with Gasteiger partial charge in [0, 0.05) is 24.7 Å². The van der Waals surface area contributed by atoms with Gasteiger partial charge in [-0.15, -0.1) is 0 Å². The van der Waals surface area contributed by atoms with Crippen molar-refractivity contribution in [3.05, 3.63) is 107 Å². The number of aromatic carboxylic acids is 1. The van der Waals surface area contributed by atoms with E-state index < -0.39 is 23.9 Å². The maximum atomic E-state index is 14.0. The van der Waals surface area contributed by atoms with Crippen LogP contribution in [0.1, 0.15) is 40.3 Å². The largest absolute Gasteiger partial charge is 0.478 e. The van der Waals surface area contributed by atoms with E-state index in [1.54, 1.807) is 36.5 Å². The fraction of sp³-hybridized carbons (Fsp3) is 0.143. The lowest BCUT2D eigenvalue weighted by Crippen LogP contribution is -2.32. The molecule has 3 N–H and O–H groups in total. The summed E-state index contributed by atoms with van der Waals surface area (Å²) in [5, 5.41) is 16.0. The van der Waals surface area contributed by atoms with Crippen molar-refractivity contribution < 1.29 is 23.5 Å². The Labute approximate surface area is 233 Å². The number of nitrogens with one attached hydrogen (secondary N) is 2. The van der Waals surface area contributed by atoms with Crippen LogP contribution in [0.2, 0.25) is 5.02 Å². The quantitative estimate of drug-likeness (QED) is 0.229. The van der Waals surface area contributed by atoms with Crippen molar-refractivity contribution in [2.75, 3.05) is 11.9 Å². The predicted molar refractivity (Wildman–Crippen MR) is 148 cm³/mol. The lowest BCUT2D eigenvalue weighted by atomic mass is 10.0. The third-order valence-corrected chi connectivity index (χ3v) is 7.00. The molecule has 11 heteroatoms. The summed E-state index contributed by atoms with van der Waals surface area (Å²) in [6.45, 7) is 0.214. The molecule has 0 aliphatic carbocycles. The highest BCUT2D eigenvalue weighted by molar-refractivity contribution is 7.80. The summed E-state index contributed by atoms with van der Waals surface area (Å²) >= 11 is 12.0. The number of amides is 1. The van der Waals surface area contributed by atoms with Crippen molar-refractivity contribution in [3.8, 4) is 11.3 Å². The molecule has 2 atom stereocenters. The Morgan fingerprint density at radius 1 is 1.13 bits per heavy atom. The van der Waals surface area contributed by atoms with E-state index in [1.165, 1.54) is 30.3 Å². The van der Waals surface area contributed by atoms with Gasteiger partial charge < -0.3 is 25.1 Å². The lowest BCUT2D eigenvalue weighted by molar-refractivity contribution is -0.116. The molecule has 1 aliphatic heterocycles. The molecule has 4 aromatic rings. The normalized spacial score (nSPS) is 16.7. The van der Waals surface area contributed by atoms with Crippen molar-refractivity contribution in [2.24, 2.45) is 0 Å². The number of carboxylic acids is 1. The number of furan rings is 1. The van der Waals surface area contributed by atoms with Gasteiger partial charge in [0.2, 0.25) is 5.91 Å². The van der Waals surface area contributed by atoms with Gasteiger partial charge in [0.25, 0.3) is 0 Å². The number of carboxylic acid groups (broad SMARTS) is 1. The minimum Gasteiger partial charge on any atom is -0.478 e. The number of carbonyl (C=O) groups is 2. The van der Waals surface area contributed by atoms with Gasteiger partial charge in [-0.3, -0.25) is 9.78 Å². The highest BCUT2D eigenvalue weighted by Crippen LogP contribution is 2.41. The molecule has 2 aromatic heterocycles. The third kappa shape index (κ3) is 5.62. The first-order valence-corrected chi connectivity index (χ1v) is 12.8. The second-order valence-corrected chi connectivity index (χ2v) is 9.59. The molecule has 2 aromatic carbocycles. The topological polar surface area (TPSA) is 108 Å². The van der Waals surface area contributed by atoms with Gasteiger partial charge in [-0.2, -0.15) is 0 Å². The van der Waals surface area contributed by atoms with Crippen LogP contribution in [0.25, 0.3) is 11.3 Å². The number of nitrogens with zero attached hydrogens (tertiary/aromatic N) is 2. The van der Waals surface area contributed by atoms with E-state index in [1.807, 2.05) is 17.0 Å². The SMILES string of the molecule is O=C(CCN1C(=S)NC(c2ccccn2)C1c1ccc(-c2cc(C(=O)O)ccc2Cl)o1)Nc1ccccc1F. The van der Waals surface area contributed by atoms with Crippen LogP contribution < -0.4 is 10.6 Å². The van der Waals surface area contributed by atoms with Gasteiger partial charge in [-0.25, -0.2) is 9.18 Å². The summed E-state index contributed by atoms with van der Waals surface area (Å²) in [6.07, 6.45) is 1.70. The molecule has 0 saturated carbocycles. The van der Waals surface area contributed by atoms with E-state index in [2.05, 4.69) is 15.6 Å². The van der Waals surface area contributed by atoms with Gasteiger partial charge in [0.15, 0.2) is 5.11 Å². The van der Waals surface area contributed by atoms with Gasteiger partial charge in [0.1, 0.15) is 23.4 Å². The molecule has 0 radical (unpaired) electrons. The first kappa shape index (κ1) is 26.3. The Bertz CT molecular complexity index is 1550. The Morgan fingerprint density at radius 2 is 1.92 bits per heavy atom. The van der Waals surface area contributed by atoms with E-state index in [-0.39, 0.29) is 30.1 Å². The van der Waals surface area contributed by atoms with Crippen LogP contribution in [-0.4, -0.2) is 38.5 Å². The van der Waals surface area contributed by atoms with E-state index in [0.29, 0.717) is 32.9 Å². The molecule has 1 aliphatic rings. The maximum absolute atomic E-state index is 14.0. The van der Waals surface area contributed by atoms with Crippen LogP contribution in [0.15, 0.2) is 83.4 Å². The molecule has 0 bridgehead atoms. The number of pyridine rings is 1. The van der Waals surface area contributed by atoms with Crippen LogP contribution in [0.5, 0.6) is 0 Å². The predicted octanol–water partition coefficient (Wildman–Crippen LogP) is 5.83. The molecule has 2 unspecified atom stereocenters. The van der Waals surface area contributed by atoms with Crippen LogP contribution in [0.3, 0.4) is 0 Å². The van der Waals surface area contributed by atoms with Gasteiger partial charge in [-0.05, 0) is 66.8 Å². The number of carbonyl (C=O) groups excluding carboxylic acids is 1. The summed E-state index contributed by atoms with van der Waals surface area (Å²) < 4.78 is 20.2. The average Bonchev–Trinajstić information content (AvgIpc) is 3.54. The molecule has 8 nitrogen and oxygen atoms in total. The number of halogens is 2. The number of aromatic nitrogens is 1. The zero-order valence-corrected chi connectivity index (χ0v) is 21.9. The minimum atomic E-state index is -1.08. The number of hydrogen-bond donors (Lipinski definition) is 3. The van der Waals surface area contributed by atoms with Crippen molar-refractivity contribution in [2.45, 2.75) is 18.5 Å². The monoisotopic (exact) mass is 564 g/mol. The summed E-state index contributed by atoms with van der Waals surface area (Å²) in [6, 6.07) is 18.4. The standard InChI is InChI=1S/C28H22ClFN4O4S/c29-18-9-8-16(27(36)37)15-17(18)22-10-11-23(38-22)26-25(21-7-3-4-13-31-21)33-28(39)34(26)14-12-24(35)32-20-6-2-1-5-19(20)30/h1-11,13,15,25-26H,12,14H2,(H,32,35)(H,33,39)(H,36,37). The fourth-order valence-corrected chi connectivity index (χ4v) is 5.00. The third-order valence-electron chi connectivity index (χ3n) is 6.32. The van der Waals surface area contributed by atoms with E-state index in [0.717, 1.165) is 0 Å². The average molecular weight is 565 g/mol. The zero-order chi connectivity index (χ0) is 27.5. The zero-order valence-electron chi connectivity index (χ0n) is 20.3. The Balaban J connectivity index is 1.43. The summed E-state index contributed by atoms with van der Waals surface area (Å²) in [7, 11) is 0. The molecule has 0 spiro atoms. The summed E-state index contributed by atoms with van der Waals surface area (Å²) in [5.74, 6) is -1.08. The molecule has 39 heavy (non-hydrogen) atoms. The van der Waals surface area contributed by atoms with Crippen LogP contribution in [0, 0.1) is 5.82 Å². The van der Waals surface area contributed by atoms with Crippen molar-refractivity contribution in [3.63, 3.8) is 0 Å². The summed E-state index contributed by atoms with van der Waals surface area (Å²) in [4.78, 5) is 30.5. The molecular weight excluding hydrogens is 543 g/mol. The fourth-order valence-electron chi connectivity index (χ4n) is 4.46. The van der Waals surface area contributed by atoms with Gasteiger partial charge in [-0.1, -0.05) is 29.8 Å². The maximum Gasteiger partial charge on any atom is 0.335 e. The van der Waals surface area contributed by atoms with Crippen molar-refractivity contribution in [1.82, 2.24) is 15.2 Å². The number of anilines is 1. The van der Waals surface area contributed by atoms with E-state index in [9.17, 15) is 19.1 Å². The number of hydrogen-bond acceptors (Lipinski definition) is 5. The minimum absolute atomic E-state index is 0.0294. The molecule has 5 rings (SSSR count). The van der Waals surface area contributed by atoms with Crippen LogP contribution >= 0.6 is 23.8 Å². The molecular formula is C28H22ClFN4O4S. The number of para-hydroxylation sites is 1. The summed E-state index contributed by atoms with van der Waals surface area (Å²) in [5.41, 5.74) is 1.32. The first-order chi connectivity index (χ1) is 18.8. The Kier molecular flexibility index (Phi) is 7.58.